The molecule has 2 nitrogen and oxygen atoms in total. The van der Waals surface area contributed by atoms with E-state index in [-0.39, 0.29) is 19.5 Å². The summed E-state index contributed by atoms with van der Waals surface area (Å²) in [5, 5.41) is 0. The molecule has 0 rings (SSSR count). The molecule has 4 heavy (non-hydrogen) atoms. The minimum absolute atomic E-state index is 0. The first-order valence-corrected chi connectivity index (χ1v) is 1.71. The van der Waals surface area contributed by atoms with Crippen LogP contribution in [0.15, 0.2) is 0 Å². The van der Waals surface area contributed by atoms with Crippen molar-refractivity contribution in [2.24, 2.45) is 0 Å². The summed E-state index contributed by atoms with van der Waals surface area (Å²) < 4.78 is 16.9. The fourth-order valence-corrected chi connectivity index (χ4v) is 0. The summed E-state index contributed by atoms with van der Waals surface area (Å²) in [5.41, 5.74) is 0. The van der Waals surface area contributed by atoms with Crippen molar-refractivity contribution in [1.82, 2.24) is 0 Å². The Morgan fingerprint density at radius 2 is 1.25 bits per heavy atom. The molecule has 0 bridgehead atoms. The Morgan fingerprint density at radius 3 is 1.25 bits per heavy atom. The predicted octanol–water partition coefficient (Wildman–Crippen LogP) is -0.243. The van der Waals surface area contributed by atoms with Crippen LogP contribution >= 0.6 is 0 Å². The molecule has 0 aliphatic rings. The molecule has 0 unspecified atom stereocenters. The van der Waals surface area contributed by atoms with Gasteiger partial charge in [0.2, 0.25) is 0 Å². The molecular formula is O2Ru2. The quantitative estimate of drug-likeness (QED) is 0.542. The molecular weight excluding hydrogens is 234 g/mol. The van der Waals surface area contributed by atoms with Crippen LogP contribution in [0, 0.1) is 0 Å². The molecule has 0 heterocycles. The zero-order valence-corrected chi connectivity index (χ0v) is 5.00. The van der Waals surface area contributed by atoms with E-state index in [2.05, 4.69) is 0 Å². The van der Waals surface area contributed by atoms with Crippen LogP contribution in [0.1, 0.15) is 0 Å². The molecule has 0 amide bonds. The molecule has 0 aromatic carbocycles. The average molecular weight is 234 g/mol. The smallest absolute Gasteiger partial charge is 0 e. The van der Waals surface area contributed by atoms with E-state index < -0.39 is 17.0 Å². The van der Waals surface area contributed by atoms with E-state index in [0.717, 1.165) is 0 Å². The third kappa shape index (κ3) is 13.5. The van der Waals surface area contributed by atoms with E-state index in [1.807, 2.05) is 0 Å². The van der Waals surface area contributed by atoms with Gasteiger partial charge in [0.15, 0.2) is 0 Å². The van der Waals surface area contributed by atoms with E-state index in [1.54, 1.807) is 0 Å². The van der Waals surface area contributed by atoms with E-state index in [9.17, 15) is 0 Å². The van der Waals surface area contributed by atoms with Crippen LogP contribution in [0.5, 0.6) is 0 Å². The van der Waals surface area contributed by atoms with E-state index in [1.165, 1.54) is 0 Å². The van der Waals surface area contributed by atoms with Crippen LogP contribution < -0.4 is 0 Å². The van der Waals surface area contributed by atoms with Crippen LogP contribution in [0.4, 0.5) is 0 Å². The van der Waals surface area contributed by atoms with Gasteiger partial charge in [-0.3, -0.25) is 0 Å². The van der Waals surface area contributed by atoms with Crippen LogP contribution in [0.25, 0.3) is 0 Å². The van der Waals surface area contributed by atoms with Crippen LogP contribution in [-0.2, 0) is 43.7 Å². The molecule has 0 radical (unpaired) electrons. The summed E-state index contributed by atoms with van der Waals surface area (Å²) in [6.07, 6.45) is 0. The average Bonchev–Trinajstić information content (AvgIpc) is 0.918. The van der Waals surface area contributed by atoms with Gasteiger partial charge in [-0.25, -0.2) is 0 Å². The Labute approximate surface area is 43.8 Å². The Morgan fingerprint density at radius 1 is 1.25 bits per heavy atom. The summed E-state index contributed by atoms with van der Waals surface area (Å²) in [7, 11) is 0. The second kappa shape index (κ2) is 9.14. The summed E-state index contributed by atoms with van der Waals surface area (Å²) >= 11 is -1.79. The van der Waals surface area contributed by atoms with Crippen molar-refractivity contribution in [3.8, 4) is 0 Å². The Balaban J connectivity index is 0. The van der Waals surface area contributed by atoms with Gasteiger partial charge >= 0.3 is 24.2 Å². The van der Waals surface area contributed by atoms with E-state index in [4.69, 9.17) is 7.15 Å². The summed E-state index contributed by atoms with van der Waals surface area (Å²) in [5.74, 6) is 0. The first kappa shape index (κ1) is 8.85. The fraction of sp³-hybridized carbons (Fsp3) is 0. The van der Waals surface area contributed by atoms with Gasteiger partial charge < -0.3 is 0 Å². The van der Waals surface area contributed by atoms with Gasteiger partial charge in [-0.15, -0.1) is 0 Å². The van der Waals surface area contributed by atoms with Crippen molar-refractivity contribution in [1.29, 1.82) is 0 Å². The van der Waals surface area contributed by atoms with E-state index >= 15 is 0 Å². The molecule has 28 valence electrons. The minimum Gasteiger partial charge on any atom is 0 e. The fourth-order valence-electron chi connectivity index (χ4n) is 0. The molecule has 0 aliphatic heterocycles. The first-order valence-electron chi connectivity index (χ1n) is 0.289. The van der Waals surface area contributed by atoms with Gasteiger partial charge in [0, 0.05) is 19.5 Å². The molecule has 0 saturated carbocycles. The number of hydrogen-bond donors (Lipinski definition) is 0. The Bertz CT molecular complexity index is 25.0. The maximum atomic E-state index is 8.46. The molecule has 0 spiro atoms. The van der Waals surface area contributed by atoms with Gasteiger partial charge in [-0.1, -0.05) is 0 Å². The Kier molecular flexibility index (Phi) is 20.2. The van der Waals surface area contributed by atoms with Crippen molar-refractivity contribution in [2.45, 2.75) is 0 Å². The van der Waals surface area contributed by atoms with Crippen molar-refractivity contribution >= 4 is 0 Å². The molecule has 4 heteroatoms. The molecule has 0 fully saturated rings. The summed E-state index contributed by atoms with van der Waals surface area (Å²) in [6, 6.07) is 0. The van der Waals surface area contributed by atoms with Crippen molar-refractivity contribution in [3.05, 3.63) is 0 Å². The zero-order chi connectivity index (χ0) is 2.71. The van der Waals surface area contributed by atoms with Crippen LogP contribution in [0.3, 0.4) is 0 Å². The van der Waals surface area contributed by atoms with Gasteiger partial charge in [0.1, 0.15) is 0 Å². The summed E-state index contributed by atoms with van der Waals surface area (Å²) in [6.45, 7) is 0. The maximum Gasteiger partial charge on any atom is 0 e. The van der Waals surface area contributed by atoms with Crippen LogP contribution in [0.2, 0.25) is 0 Å². The third-order valence-corrected chi connectivity index (χ3v) is 0. The first-order chi connectivity index (χ1) is 1.41. The third-order valence-electron chi connectivity index (χ3n) is 0. The second-order valence-electron chi connectivity index (χ2n) is 0.0589. The molecule has 0 N–H and O–H groups in total. The predicted molar refractivity (Wildman–Crippen MR) is 1.37 cm³/mol. The van der Waals surface area contributed by atoms with Gasteiger partial charge in [0.25, 0.3) is 0 Å². The zero-order valence-electron chi connectivity index (χ0n) is 1.52. The normalized spacial score (nSPS) is 4.00. The second-order valence-corrected chi connectivity index (χ2v) is 0.349. The minimum atomic E-state index is -1.79. The van der Waals surface area contributed by atoms with Gasteiger partial charge in [0.05, 0.1) is 0 Å². The van der Waals surface area contributed by atoms with Crippen molar-refractivity contribution in [2.75, 3.05) is 0 Å². The SMILES string of the molecule is [O]=[Ru]=[O].[Ru]. The molecule has 0 aromatic rings. The number of hydrogen-bond acceptors (Lipinski definition) is 2. The molecule has 0 aromatic heterocycles. The standard InChI is InChI=1S/2O.2Ru. The van der Waals surface area contributed by atoms with Gasteiger partial charge in [-0.2, -0.15) is 0 Å². The maximum absolute atomic E-state index is 8.46. The Hall–Kier alpha value is 0.847. The molecule has 0 saturated heterocycles. The van der Waals surface area contributed by atoms with E-state index in [0.29, 0.717) is 0 Å². The monoisotopic (exact) mass is 236 g/mol. The van der Waals surface area contributed by atoms with Crippen molar-refractivity contribution < 1.29 is 43.7 Å². The topological polar surface area (TPSA) is 34.1 Å². The number of rotatable bonds is 0. The van der Waals surface area contributed by atoms with Crippen LogP contribution in [-0.4, -0.2) is 0 Å². The molecule has 0 aliphatic carbocycles. The largest absolute Gasteiger partial charge is 0 e. The molecule has 0 atom stereocenters. The van der Waals surface area contributed by atoms with Crippen molar-refractivity contribution in [3.63, 3.8) is 0 Å². The summed E-state index contributed by atoms with van der Waals surface area (Å²) in [4.78, 5) is 0. The van der Waals surface area contributed by atoms with Gasteiger partial charge in [-0.05, 0) is 0 Å².